The first-order valence-corrected chi connectivity index (χ1v) is 8.43. The second-order valence-electron chi connectivity index (χ2n) is 4.56. The SMILES string of the molecule is C=Cc1ccc([Si]2(CCCCCC)OO2)cc1. The average molecular weight is 248 g/mol. The molecule has 92 valence electrons. The van der Waals surface area contributed by atoms with Crippen LogP contribution >= 0.6 is 0 Å². The molecule has 1 aliphatic rings. The molecule has 0 atom stereocenters. The molecule has 1 saturated heterocycles. The van der Waals surface area contributed by atoms with Crippen molar-refractivity contribution in [3.8, 4) is 0 Å². The Morgan fingerprint density at radius 3 is 2.35 bits per heavy atom. The summed E-state index contributed by atoms with van der Waals surface area (Å²) in [4.78, 5) is 0. The highest BCUT2D eigenvalue weighted by atomic mass is 28.4. The van der Waals surface area contributed by atoms with Crippen LogP contribution in [0.1, 0.15) is 38.2 Å². The Labute approximate surface area is 104 Å². The van der Waals surface area contributed by atoms with E-state index in [-0.39, 0.29) is 0 Å². The van der Waals surface area contributed by atoms with E-state index in [1.165, 1.54) is 30.9 Å². The Morgan fingerprint density at radius 2 is 1.82 bits per heavy atom. The topological polar surface area (TPSA) is 25.1 Å². The van der Waals surface area contributed by atoms with Gasteiger partial charge in [-0.3, -0.25) is 9.15 Å². The number of unbranched alkanes of at least 4 members (excludes halogenated alkanes) is 3. The van der Waals surface area contributed by atoms with Crippen molar-refractivity contribution in [2.24, 2.45) is 0 Å². The first-order valence-electron chi connectivity index (χ1n) is 6.40. The highest BCUT2D eigenvalue weighted by Gasteiger charge is 2.55. The van der Waals surface area contributed by atoms with Gasteiger partial charge in [-0.15, -0.1) is 0 Å². The second kappa shape index (κ2) is 5.62. The molecule has 1 fully saturated rings. The third kappa shape index (κ3) is 3.06. The van der Waals surface area contributed by atoms with Gasteiger partial charge in [-0.2, -0.15) is 0 Å². The maximum Gasteiger partial charge on any atom is 0.436 e. The zero-order chi connectivity index (χ0) is 12.1. The van der Waals surface area contributed by atoms with Crippen molar-refractivity contribution in [2.75, 3.05) is 0 Å². The largest absolute Gasteiger partial charge is 0.436 e. The van der Waals surface area contributed by atoms with Crippen LogP contribution in [0.4, 0.5) is 0 Å². The Kier molecular flexibility index (Phi) is 4.15. The molecule has 0 spiro atoms. The number of benzene rings is 1. The van der Waals surface area contributed by atoms with Gasteiger partial charge in [0.15, 0.2) is 0 Å². The van der Waals surface area contributed by atoms with Gasteiger partial charge in [-0.05, 0) is 16.8 Å². The molecular formula is C14H20O2Si. The zero-order valence-corrected chi connectivity index (χ0v) is 11.4. The van der Waals surface area contributed by atoms with Crippen molar-refractivity contribution in [3.05, 3.63) is 36.4 Å². The van der Waals surface area contributed by atoms with Crippen molar-refractivity contribution < 1.29 is 9.15 Å². The molecule has 0 unspecified atom stereocenters. The zero-order valence-electron chi connectivity index (χ0n) is 10.4. The van der Waals surface area contributed by atoms with Crippen LogP contribution in [0.15, 0.2) is 30.8 Å². The van der Waals surface area contributed by atoms with Crippen molar-refractivity contribution in [2.45, 2.75) is 38.7 Å². The minimum atomic E-state index is -1.95. The van der Waals surface area contributed by atoms with Gasteiger partial charge in [-0.1, -0.05) is 69.5 Å². The molecule has 0 aliphatic carbocycles. The first kappa shape index (κ1) is 12.6. The Morgan fingerprint density at radius 1 is 1.12 bits per heavy atom. The quantitative estimate of drug-likeness (QED) is 0.319. The molecular weight excluding hydrogens is 228 g/mol. The molecule has 0 amide bonds. The van der Waals surface area contributed by atoms with Crippen molar-refractivity contribution in [1.29, 1.82) is 0 Å². The maximum atomic E-state index is 5.35. The molecule has 17 heavy (non-hydrogen) atoms. The van der Waals surface area contributed by atoms with Gasteiger partial charge in [0, 0.05) is 0 Å². The summed E-state index contributed by atoms with van der Waals surface area (Å²) >= 11 is 0. The van der Waals surface area contributed by atoms with Crippen LogP contribution in [0.2, 0.25) is 6.04 Å². The second-order valence-corrected chi connectivity index (χ2v) is 7.47. The summed E-state index contributed by atoms with van der Waals surface area (Å²) in [6, 6.07) is 9.48. The predicted molar refractivity (Wildman–Crippen MR) is 73.0 cm³/mol. The van der Waals surface area contributed by atoms with Crippen LogP contribution in [0, 0.1) is 0 Å². The van der Waals surface area contributed by atoms with E-state index in [2.05, 4.69) is 37.8 Å². The fourth-order valence-corrected chi connectivity index (χ4v) is 4.47. The summed E-state index contributed by atoms with van der Waals surface area (Å²) in [6.45, 7) is 5.98. The number of rotatable bonds is 7. The highest BCUT2D eigenvalue weighted by Crippen LogP contribution is 2.30. The predicted octanol–water partition coefficient (Wildman–Crippen LogP) is 3.52. The van der Waals surface area contributed by atoms with Crippen LogP contribution in [0.25, 0.3) is 6.08 Å². The minimum Gasteiger partial charge on any atom is -0.250 e. The smallest absolute Gasteiger partial charge is 0.250 e. The van der Waals surface area contributed by atoms with Crippen LogP contribution in [0.3, 0.4) is 0 Å². The van der Waals surface area contributed by atoms with E-state index < -0.39 is 8.56 Å². The molecule has 0 bridgehead atoms. The molecule has 3 heteroatoms. The summed E-state index contributed by atoms with van der Waals surface area (Å²) in [5, 5.41) is 1.25. The van der Waals surface area contributed by atoms with Gasteiger partial charge in [0.2, 0.25) is 0 Å². The summed E-state index contributed by atoms with van der Waals surface area (Å²) in [5.74, 6) is 0. The minimum absolute atomic E-state index is 1.08. The summed E-state index contributed by atoms with van der Waals surface area (Å²) in [6.07, 6.45) is 6.92. The van der Waals surface area contributed by atoms with Crippen molar-refractivity contribution >= 4 is 19.8 Å². The van der Waals surface area contributed by atoms with Crippen molar-refractivity contribution in [1.82, 2.24) is 0 Å². The molecule has 1 aromatic rings. The van der Waals surface area contributed by atoms with Gasteiger partial charge in [0.1, 0.15) is 0 Å². The summed E-state index contributed by atoms with van der Waals surface area (Å²) in [5.41, 5.74) is 1.14. The van der Waals surface area contributed by atoms with Crippen LogP contribution < -0.4 is 5.19 Å². The lowest BCUT2D eigenvalue weighted by Gasteiger charge is -2.05. The van der Waals surface area contributed by atoms with Gasteiger partial charge in [-0.25, -0.2) is 0 Å². The van der Waals surface area contributed by atoms with Crippen LogP contribution in [-0.4, -0.2) is 8.56 Å². The Bertz CT molecular complexity index is 368. The van der Waals surface area contributed by atoms with Crippen molar-refractivity contribution in [3.63, 3.8) is 0 Å². The molecule has 0 N–H and O–H groups in total. The lowest BCUT2D eigenvalue weighted by Crippen LogP contribution is -2.34. The van der Waals surface area contributed by atoms with E-state index >= 15 is 0 Å². The lowest BCUT2D eigenvalue weighted by molar-refractivity contribution is 0.0850. The van der Waals surface area contributed by atoms with E-state index in [9.17, 15) is 0 Å². The standard InChI is InChI=1S/C14H20O2Si/c1-3-5-6-7-12-17(15-16-17)14-10-8-13(4-2)9-11-14/h4,8-11H,2-3,5-7,12H2,1H3. The van der Waals surface area contributed by atoms with E-state index in [4.69, 9.17) is 9.15 Å². The molecule has 0 saturated carbocycles. The summed E-state index contributed by atoms with van der Waals surface area (Å²) in [7, 11) is -1.95. The summed E-state index contributed by atoms with van der Waals surface area (Å²) < 4.78 is 10.7. The number of hydrogen-bond donors (Lipinski definition) is 0. The average Bonchev–Trinajstić information content (AvgIpc) is 3.16. The molecule has 2 rings (SSSR count). The Balaban J connectivity index is 1.93. The van der Waals surface area contributed by atoms with E-state index in [1.807, 2.05) is 6.08 Å². The van der Waals surface area contributed by atoms with Gasteiger partial charge in [0.25, 0.3) is 0 Å². The number of hydrogen-bond acceptors (Lipinski definition) is 2. The van der Waals surface area contributed by atoms with E-state index in [0.717, 1.165) is 11.6 Å². The monoisotopic (exact) mass is 248 g/mol. The van der Waals surface area contributed by atoms with Gasteiger partial charge >= 0.3 is 8.56 Å². The van der Waals surface area contributed by atoms with Gasteiger partial charge in [0.05, 0.1) is 0 Å². The highest BCUT2D eigenvalue weighted by molar-refractivity contribution is 6.85. The lowest BCUT2D eigenvalue weighted by atomic mass is 10.2. The fourth-order valence-electron chi connectivity index (χ4n) is 2.03. The molecule has 1 heterocycles. The maximum absolute atomic E-state index is 5.35. The molecule has 0 radical (unpaired) electrons. The fraction of sp³-hybridized carbons (Fsp3) is 0.429. The normalized spacial score (nSPS) is 16.8. The van der Waals surface area contributed by atoms with E-state index in [0.29, 0.717) is 0 Å². The van der Waals surface area contributed by atoms with Crippen LogP contribution in [-0.2, 0) is 9.15 Å². The van der Waals surface area contributed by atoms with Crippen LogP contribution in [0.5, 0.6) is 0 Å². The third-order valence-corrected chi connectivity index (χ3v) is 6.02. The van der Waals surface area contributed by atoms with Gasteiger partial charge < -0.3 is 0 Å². The molecule has 1 aliphatic heterocycles. The molecule has 1 aromatic carbocycles. The molecule has 2 nitrogen and oxygen atoms in total. The first-order chi connectivity index (χ1) is 8.30. The third-order valence-electron chi connectivity index (χ3n) is 3.23. The van der Waals surface area contributed by atoms with E-state index in [1.54, 1.807) is 0 Å². The molecule has 0 aromatic heterocycles. The Hall–Kier alpha value is -0.903.